The number of hydrogen-bond donors (Lipinski definition) is 2. The topological polar surface area (TPSA) is 50.9 Å². The summed E-state index contributed by atoms with van der Waals surface area (Å²) >= 11 is 5.14. The summed E-state index contributed by atoms with van der Waals surface area (Å²) in [5, 5.41) is 3.45. The molecule has 0 aromatic carbocycles. The summed E-state index contributed by atoms with van der Waals surface area (Å²) < 4.78 is 0. The molecule has 3 rings (SSSR count). The fourth-order valence-electron chi connectivity index (χ4n) is 2.73. The number of nitrogens with one attached hydrogen (secondary N) is 1. The quantitative estimate of drug-likeness (QED) is 0.817. The number of anilines is 1. The highest BCUT2D eigenvalue weighted by Gasteiger charge is 2.20. The minimum atomic E-state index is 0.452. The monoisotopic (exact) mass is 261 g/mol. The highest BCUT2D eigenvalue weighted by molar-refractivity contribution is 7.80. The average molecular weight is 261 g/mol. The Hall–Kier alpha value is -1.16. The van der Waals surface area contributed by atoms with Crippen molar-refractivity contribution in [1.29, 1.82) is 0 Å². The minimum absolute atomic E-state index is 0.452. The molecule has 4 heteroatoms. The lowest BCUT2D eigenvalue weighted by molar-refractivity contribution is 0.333. The Labute approximate surface area is 113 Å². The van der Waals surface area contributed by atoms with Crippen LogP contribution in [0.3, 0.4) is 0 Å². The molecule has 2 aliphatic rings. The van der Waals surface area contributed by atoms with Gasteiger partial charge in [-0.1, -0.05) is 18.6 Å². The molecule has 2 aliphatic carbocycles. The van der Waals surface area contributed by atoms with Gasteiger partial charge in [0.1, 0.15) is 10.8 Å². The van der Waals surface area contributed by atoms with Crippen molar-refractivity contribution < 1.29 is 0 Å². The normalized spacial score (nSPS) is 18.2. The summed E-state index contributed by atoms with van der Waals surface area (Å²) in [4.78, 5) is 5.18. The molecule has 18 heavy (non-hydrogen) atoms. The maximum Gasteiger partial charge on any atom is 0.136 e. The summed E-state index contributed by atoms with van der Waals surface area (Å²) in [6.45, 7) is 1.00. The van der Waals surface area contributed by atoms with Crippen LogP contribution in [0.4, 0.5) is 5.82 Å². The van der Waals surface area contributed by atoms with Gasteiger partial charge in [0.15, 0.2) is 0 Å². The number of nitrogens with two attached hydrogens (primary N) is 1. The van der Waals surface area contributed by atoms with Gasteiger partial charge in [0.05, 0.1) is 5.56 Å². The molecule has 0 aliphatic heterocycles. The molecule has 3 nitrogen and oxygen atoms in total. The van der Waals surface area contributed by atoms with Crippen LogP contribution in [0.25, 0.3) is 0 Å². The summed E-state index contributed by atoms with van der Waals surface area (Å²) in [7, 11) is 0. The molecular weight excluding hydrogens is 242 g/mol. The van der Waals surface area contributed by atoms with Crippen LogP contribution in [-0.4, -0.2) is 16.5 Å². The summed E-state index contributed by atoms with van der Waals surface area (Å²) in [5.74, 6) is 1.70. The molecule has 0 unspecified atom stereocenters. The van der Waals surface area contributed by atoms with Crippen LogP contribution in [0.15, 0.2) is 6.07 Å². The van der Waals surface area contributed by atoms with Crippen molar-refractivity contribution in [1.82, 2.24) is 4.98 Å². The van der Waals surface area contributed by atoms with Gasteiger partial charge in [-0.15, -0.1) is 0 Å². The van der Waals surface area contributed by atoms with E-state index < -0.39 is 0 Å². The van der Waals surface area contributed by atoms with Gasteiger partial charge in [0.25, 0.3) is 0 Å². The van der Waals surface area contributed by atoms with E-state index in [1.807, 2.05) is 0 Å². The number of nitrogens with zero attached hydrogens (tertiary/aromatic N) is 1. The maximum absolute atomic E-state index is 5.81. The van der Waals surface area contributed by atoms with E-state index in [2.05, 4.69) is 11.4 Å². The fraction of sp³-hybridized carbons (Fsp3) is 0.571. The van der Waals surface area contributed by atoms with Crippen molar-refractivity contribution in [2.75, 3.05) is 11.9 Å². The Kier molecular flexibility index (Phi) is 3.20. The summed E-state index contributed by atoms with van der Waals surface area (Å²) in [6.07, 6.45) is 7.43. The molecule has 0 amide bonds. The van der Waals surface area contributed by atoms with E-state index in [1.54, 1.807) is 0 Å². The first-order valence-electron chi connectivity index (χ1n) is 6.80. The van der Waals surface area contributed by atoms with Gasteiger partial charge in [-0.3, -0.25) is 0 Å². The molecule has 3 N–H and O–H groups in total. The zero-order valence-electron chi connectivity index (χ0n) is 10.5. The van der Waals surface area contributed by atoms with Crippen LogP contribution in [0.1, 0.15) is 42.5 Å². The molecule has 0 bridgehead atoms. The molecule has 0 spiro atoms. The van der Waals surface area contributed by atoms with E-state index in [0.717, 1.165) is 36.7 Å². The molecule has 1 saturated carbocycles. The van der Waals surface area contributed by atoms with Crippen LogP contribution in [-0.2, 0) is 12.8 Å². The Morgan fingerprint density at radius 2 is 2.22 bits per heavy atom. The molecule has 0 radical (unpaired) electrons. The third-order valence-electron chi connectivity index (χ3n) is 4.10. The van der Waals surface area contributed by atoms with Gasteiger partial charge in [-0.25, -0.2) is 4.98 Å². The lowest BCUT2D eigenvalue weighted by atomic mass is 9.85. The molecule has 0 atom stereocenters. The largest absolute Gasteiger partial charge is 0.389 e. The van der Waals surface area contributed by atoms with Crippen molar-refractivity contribution in [2.24, 2.45) is 11.7 Å². The van der Waals surface area contributed by atoms with E-state index in [0.29, 0.717) is 4.99 Å². The van der Waals surface area contributed by atoms with Crippen LogP contribution < -0.4 is 11.1 Å². The van der Waals surface area contributed by atoms with Gasteiger partial charge < -0.3 is 11.1 Å². The minimum Gasteiger partial charge on any atom is -0.389 e. The van der Waals surface area contributed by atoms with Gasteiger partial charge in [-0.05, 0) is 49.7 Å². The third-order valence-corrected chi connectivity index (χ3v) is 4.32. The van der Waals surface area contributed by atoms with E-state index in [4.69, 9.17) is 22.9 Å². The Bertz CT molecular complexity index is 480. The van der Waals surface area contributed by atoms with Crippen molar-refractivity contribution in [2.45, 2.75) is 38.5 Å². The predicted octanol–water partition coefficient (Wildman–Crippen LogP) is 2.42. The van der Waals surface area contributed by atoms with Crippen molar-refractivity contribution in [3.05, 3.63) is 22.9 Å². The summed E-state index contributed by atoms with van der Waals surface area (Å²) in [6, 6.07) is 2.14. The van der Waals surface area contributed by atoms with Gasteiger partial charge >= 0.3 is 0 Å². The van der Waals surface area contributed by atoms with Gasteiger partial charge in [-0.2, -0.15) is 0 Å². The zero-order valence-corrected chi connectivity index (χ0v) is 11.4. The van der Waals surface area contributed by atoms with Crippen LogP contribution in [0.2, 0.25) is 0 Å². The molecule has 1 aromatic heterocycles. The average Bonchev–Trinajstić information content (AvgIpc) is 2.72. The number of thiocarbonyl (C=S) groups is 1. The number of aromatic nitrogens is 1. The third kappa shape index (κ3) is 2.21. The first-order chi connectivity index (χ1) is 8.74. The zero-order chi connectivity index (χ0) is 12.5. The second-order valence-electron chi connectivity index (χ2n) is 5.39. The Balaban J connectivity index is 1.83. The van der Waals surface area contributed by atoms with Gasteiger partial charge in [0.2, 0.25) is 0 Å². The number of hydrogen-bond acceptors (Lipinski definition) is 3. The van der Waals surface area contributed by atoms with E-state index in [-0.39, 0.29) is 0 Å². The summed E-state index contributed by atoms with van der Waals surface area (Å²) in [5.41, 5.74) is 9.29. The number of rotatable bonds is 4. The lowest BCUT2D eigenvalue weighted by Gasteiger charge is -2.26. The number of aryl methyl sites for hydroxylation is 2. The van der Waals surface area contributed by atoms with Crippen molar-refractivity contribution in [3.63, 3.8) is 0 Å². The maximum atomic E-state index is 5.81. The second-order valence-corrected chi connectivity index (χ2v) is 5.83. The first-order valence-corrected chi connectivity index (χ1v) is 7.21. The SMILES string of the molecule is NC(=S)c1cc2c(nc1NCC1CCC1)CCC2. The van der Waals surface area contributed by atoms with Crippen LogP contribution >= 0.6 is 12.2 Å². The van der Waals surface area contributed by atoms with Crippen LogP contribution in [0, 0.1) is 5.92 Å². The smallest absolute Gasteiger partial charge is 0.136 e. The lowest BCUT2D eigenvalue weighted by Crippen LogP contribution is -2.23. The molecule has 1 aromatic rings. The standard InChI is InChI=1S/C14H19N3S/c15-13(18)11-7-10-5-2-6-12(10)17-14(11)16-8-9-3-1-4-9/h7,9H,1-6,8H2,(H2,15,18)(H,16,17). The van der Waals surface area contributed by atoms with Gasteiger partial charge in [0, 0.05) is 12.2 Å². The Morgan fingerprint density at radius 3 is 2.89 bits per heavy atom. The van der Waals surface area contributed by atoms with Crippen molar-refractivity contribution >= 4 is 23.0 Å². The second kappa shape index (κ2) is 4.84. The molecular formula is C14H19N3S. The van der Waals surface area contributed by atoms with Crippen LogP contribution in [0.5, 0.6) is 0 Å². The number of pyridine rings is 1. The molecule has 0 saturated heterocycles. The number of fused-ring (bicyclic) bond motifs is 1. The fourth-order valence-corrected chi connectivity index (χ4v) is 2.89. The highest BCUT2D eigenvalue weighted by atomic mass is 32.1. The van der Waals surface area contributed by atoms with Crippen molar-refractivity contribution in [3.8, 4) is 0 Å². The van der Waals surface area contributed by atoms with E-state index in [9.17, 15) is 0 Å². The van der Waals surface area contributed by atoms with E-state index >= 15 is 0 Å². The molecule has 96 valence electrons. The van der Waals surface area contributed by atoms with E-state index in [1.165, 1.54) is 36.9 Å². The first kappa shape index (κ1) is 11.9. The molecule has 1 fully saturated rings. The Morgan fingerprint density at radius 1 is 1.39 bits per heavy atom. The highest BCUT2D eigenvalue weighted by Crippen LogP contribution is 2.28. The molecule has 1 heterocycles. The predicted molar refractivity (Wildman–Crippen MR) is 78.0 cm³/mol.